The highest BCUT2D eigenvalue weighted by Gasteiger charge is 2.26. The third-order valence-corrected chi connectivity index (χ3v) is 6.78. The van der Waals surface area contributed by atoms with Crippen molar-refractivity contribution in [3.05, 3.63) is 53.5 Å². The zero-order chi connectivity index (χ0) is 21.0. The fourth-order valence-electron chi connectivity index (χ4n) is 3.27. The van der Waals surface area contributed by atoms with Crippen LogP contribution in [-0.2, 0) is 27.9 Å². The molecule has 0 aliphatic carbocycles. The number of likely N-dealkylation sites (tertiary alicyclic amines) is 1. The van der Waals surface area contributed by atoms with Gasteiger partial charge < -0.3 is 9.73 Å². The van der Waals surface area contributed by atoms with E-state index in [0.717, 1.165) is 35.8 Å². The summed E-state index contributed by atoms with van der Waals surface area (Å²) in [7, 11) is -0.651. The number of sulfonamides is 1. The molecule has 1 aliphatic rings. The molecule has 0 spiro atoms. The third-order valence-electron chi connectivity index (χ3n) is 5.09. The van der Waals surface area contributed by atoms with Gasteiger partial charge in [0.05, 0.1) is 6.54 Å². The van der Waals surface area contributed by atoms with Gasteiger partial charge in [0.1, 0.15) is 11.6 Å². The normalized spacial score (nSPS) is 16.3. The Morgan fingerprint density at radius 1 is 1.17 bits per heavy atom. The van der Waals surface area contributed by atoms with E-state index in [9.17, 15) is 17.6 Å². The second-order valence-electron chi connectivity index (χ2n) is 7.40. The maximum absolute atomic E-state index is 12.9. The molecule has 1 aromatic heterocycles. The van der Waals surface area contributed by atoms with Crippen molar-refractivity contribution in [1.82, 2.24) is 14.5 Å². The second-order valence-corrected chi connectivity index (χ2v) is 9.49. The molecule has 1 N–H and O–H groups in total. The molecule has 29 heavy (non-hydrogen) atoms. The lowest BCUT2D eigenvalue weighted by Crippen LogP contribution is -2.40. The van der Waals surface area contributed by atoms with Gasteiger partial charge in [-0.25, -0.2) is 17.1 Å². The molecule has 1 saturated heterocycles. The van der Waals surface area contributed by atoms with Crippen LogP contribution >= 0.6 is 0 Å². The second kappa shape index (κ2) is 9.06. The number of amides is 1. The summed E-state index contributed by atoms with van der Waals surface area (Å²) in [4.78, 5) is 14.5. The highest BCUT2D eigenvalue weighted by Crippen LogP contribution is 2.22. The van der Waals surface area contributed by atoms with E-state index < -0.39 is 10.0 Å². The molecule has 7 nitrogen and oxygen atoms in total. The van der Waals surface area contributed by atoms with Crippen molar-refractivity contribution in [2.45, 2.75) is 31.0 Å². The Morgan fingerprint density at radius 3 is 2.45 bits per heavy atom. The van der Waals surface area contributed by atoms with Gasteiger partial charge in [0.15, 0.2) is 0 Å². The quantitative estimate of drug-likeness (QED) is 0.738. The van der Waals surface area contributed by atoms with E-state index in [-0.39, 0.29) is 22.7 Å². The Kier molecular flexibility index (Phi) is 6.71. The topological polar surface area (TPSA) is 82.9 Å². The van der Waals surface area contributed by atoms with E-state index in [1.165, 1.54) is 32.3 Å². The highest BCUT2D eigenvalue weighted by molar-refractivity contribution is 7.88. The van der Waals surface area contributed by atoms with Crippen molar-refractivity contribution in [3.63, 3.8) is 0 Å². The first-order valence-corrected chi connectivity index (χ1v) is 11.0. The summed E-state index contributed by atoms with van der Waals surface area (Å²) < 4.78 is 43.7. The minimum absolute atomic E-state index is 0.00587. The summed E-state index contributed by atoms with van der Waals surface area (Å²) in [5.41, 5.74) is 0.860. The molecule has 2 heterocycles. The van der Waals surface area contributed by atoms with Crippen LogP contribution in [-0.4, -0.2) is 50.7 Å². The van der Waals surface area contributed by atoms with Gasteiger partial charge in [0.2, 0.25) is 11.0 Å². The molecule has 1 aliphatic heterocycles. The number of hydrogen-bond donors (Lipinski definition) is 1. The van der Waals surface area contributed by atoms with Gasteiger partial charge in [-0.2, -0.15) is 0 Å². The number of carbonyl (C=O) groups excluding carboxylic acids is 1. The largest absolute Gasteiger partial charge is 0.447 e. The average Bonchev–Trinajstić information content (AvgIpc) is 3.17. The molecule has 158 valence electrons. The van der Waals surface area contributed by atoms with Crippen LogP contribution in [0.5, 0.6) is 0 Å². The van der Waals surface area contributed by atoms with E-state index in [1.54, 1.807) is 18.2 Å². The predicted molar refractivity (Wildman–Crippen MR) is 106 cm³/mol. The molecule has 3 rings (SSSR count). The first kappa shape index (κ1) is 21.5. The van der Waals surface area contributed by atoms with Gasteiger partial charge in [-0.1, -0.05) is 12.1 Å². The minimum atomic E-state index is -3.57. The molecule has 0 unspecified atom stereocenters. The van der Waals surface area contributed by atoms with E-state index >= 15 is 0 Å². The van der Waals surface area contributed by atoms with Crippen LogP contribution in [0, 0.1) is 11.7 Å². The number of carbonyl (C=O) groups is 1. The van der Waals surface area contributed by atoms with Crippen LogP contribution in [0.1, 0.15) is 24.2 Å². The highest BCUT2D eigenvalue weighted by atomic mass is 32.2. The summed E-state index contributed by atoms with van der Waals surface area (Å²) >= 11 is 0. The molecule has 9 heteroatoms. The lowest BCUT2D eigenvalue weighted by molar-refractivity contribution is -0.126. The van der Waals surface area contributed by atoms with Gasteiger partial charge >= 0.3 is 0 Å². The Labute approximate surface area is 170 Å². The molecule has 1 amide bonds. The van der Waals surface area contributed by atoms with Gasteiger partial charge in [0, 0.05) is 26.6 Å². The Bertz CT molecular complexity index is 933. The van der Waals surface area contributed by atoms with Crippen molar-refractivity contribution in [1.29, 1.82) is 0 Å². The van der Waals surface area contributed by atoms with E-state index in [4.69, 9.17) is 4.42 Å². The lowest BCUT2D eigenvalue weighted by Gasteiger charge is -2.30. The number of benzene rings is 1. The minimum Gasteiger partial charge on any atom is -0.447 e. The smallest absolute Gasteiger partial charge is 0.275 e. The van der Waals surface area contributed by atoms with Crippen molar-refractivity contribution >= 4 is 15.9 Å². The molecule has 0 radical (unpaired) electrons. The summed E-state index contributed by atoms with van der Waals surface area (Å²) in [6, 6.07) is 9.23. The van der Waals surface area contributed by atoms with E-state index in [0.29, 0.717) is 18.8 Å². The molecular formula is C20H26FN3O4S. The van der Waals surface area contributed by atoms with Gasteiger partial charge in [-0.15, -0.1) is 0 Å². The number of rotatable bonds is 7. The fourth-order valence-corrected chi connectivity index (χ4v) is 4.08. The summed E-state index contributed by atoms with van der Waals surface area (Å²) in [6.45, 7) is 2.35. The van der Waals surface area contributed by atoms with Crippen molar-refractivity contribution in [3.8, 4) is 0 Å². The molecule has 1 aromatic carbocycles. The van der Waals surface area contributed by atoms with E-state index in [1.807, 2.05) is 0 Å². The van der Waals surface area contributed by atoms with Gasteiger partial charge in [-0.05, 0) is 55.8 Å². The molecule has 2 aromatic rings. The van der Waals surface area contributed by atoms with Crippen LogP contribution in [0.4, 0.5) is 4.39 Å². The van der Waals surface area contributed by atoms with Crippen molar-refractivity contribution < 1.29 is 22.0 Å². The van der Waals surface area contributed by atoms with Crippen LogP contribution in [0.25, 0.3) is 0 Å². The maximum atomic E-state index is 12.9. The fraction of sp³-hybridized carbons (Fsp3) is 0.450. The monoisotopic (exact) mass is 423 g/mol. The number of halogens is 1. The summed E-state index contributed by atoms with van der Waals surface area (Å²) in [6.07, 6.45) is 1.44. The summed E-state index contributed by atoms with van der Waals surface area (Å²) in [5.74, 6) is 0.236. The maximum Gasteiger partial charge on any atom is 0.275 e. The van der Waals surface area contributed by atoms with Crippen LogP contribution < -0.4 is 5.32 Å². The Morgan fingerprint density at radius 2 is 1.83 bits per heavy atom. The average molecular weight is 424 g/mol. The lowest BCUT2D eigenvalue weighted by atomic mass is 9.95. The molecule has 1 fully saturated rings. The molecule has 0 atom stereocenters. The van der Waals surface area contributed by atoms with Gasteiger partial charge in [0.25, 0.3) is 10.0 Å². The van der Waals surface area contributed by atoms with Crippen molar-refractivity contribution in [2.24, 2.45) is 5.92 Å². The number of piperidine rings is 1. The van der Waals surface area contributed by atoms with Crippen molar-refractivity contribution in [2.75, 3.05) is 27.2 Å². The van der Waals surface area contributed by atoms with Crippen LogP contribution in [0.3, 0.4) is 0 Å². The number of furan rings is 1. The first-order valence-electron chi connectivity index (χ1n) is 9.51. The number of nitrogens with one attached hydrogen (secondary N) is 1. The standard InChI is InChI=1S/C20H26FN3O4S/c1-23(2)29(26,27)19-8-7-18(28-19)14-24-11-9-16(10-12-24)20(25)22-13-15-3-5-17(21)6-4-15/h3-8,16H,9-14H2,1-2H3,(H,22,25). The SMILES string of the molecule is CN(C)S(=O)(=O)c1ccc(CN2CCC(C(=O)NCc3ccc(F)cc3)CC2)o1. The van der Waals surface area contributed by atoms with E-state index in [2.05, 4.69) is 10.2 Å². The predicted octanol–water partition coefficient (Wildman–Crippen LogP) is 2.20. The van der Waals surface area contributed by atoms with Gasteiger partial charge in [-0.3, -0.25) is 9.69 Å². The molecular weight excluding hydrogens is 397 g/mol. The zero-order valence-electron chi connectivity index (χ0n) is 16.6. The summed E-state index contributed by atoms with van der Waals surface area (Å²) in [5, 5.41) is 2.85. The third kappa shape index (κ3) is 5.43. The Hall–Kier alpha value is -2.23. The number of nitrogens with zero attached hydrogens (tertiary/aromatic N) is 2. The first-order chi connectivity index (χ1) is 13.8. The van der Waals surface area contributed by atoms with Crippen LogP contribution in [0.15, 0.2) is 45.9 Å². The molecule has 0 bridgehead atoms. The van der Waals surface area contributed by atoms with Crippen LogP contribution in [0.2, 0.25) is 0 Å². The zero-order valence-corrected chi connectivity index (χ0v) is 17.4. The molecule has 0 saturated carbocycles. The Balaban J connectivity index is 1.46. The number of hydrogen-bond acceptors (Lipinski definition) is 5.